The average molecular weight is 246 g/mol. The van der Waals surface area contributed by atoms with Crippen molar-refractivity contribution in [2.24, 2.45) is 0 Å². The number of aryl methyl sites for hydroxylation is 1. The van der Waals surface area contributed by atoms with E-state index < -0.39 is 0 Å². The first-order chi connectivity index (χ1) is 8.74. The Morgan fingerprint density at radius 2 is 2.44 bits per heavy atom. The summed E-state index contributed by atoms with van der Waals surface area (Å²) in [6.07, 6.45) is 6.59. The Morgan fingerprint density at radius 3 is 3.17 bits per heavy atom. The van der Waals surface area contributed by atoms with E-state index in [2.05, 4.69) is 30.3 Å². The Hall–Kier alpha value is -0.930. The number of ether oxygens (including phenoxy) is 1. The molecule has 3 atom stereocenters. The highest BCUT2D eigenvalue weighted by atomic mass is 16.5. The van der Waals surface area contributed by atoms with Gasteiger partial charge in [-0.25, -0.2) is 0 Å². The molecule has 1 fully saturated rings. The molecule has 18 heavy (non-hydrogen) atoms. The van der Waals surface area contributed by atoms with Crippen molar-refractivity contribution < 1.29 is 4.74 Å². The molecule has 2 heterocycles. The first kappa shape index (κ1) is 12.1. The number of likely N-dealkylation sites (N-methyl/N-ethyl adjacent to an activating group) is 1. The Balaban J connectivity index is 1.90. The Kier molecular flexibility index (Phi) is 3.12. The highest BCUT2D eigenvalue weighted by molar-refractivity contribution is 5.31. The summed E-state index contributed by atoms with van der Waals surface area (Å²) >= 11 is 0. The van der Waals surface area contributed by atoms with Gasteiger partial charge in [0.2, 0.25) is 0 Å². The van der Waals surface area contributed by atoms with E-state index in [0.717, 1.165) is 19.4 Å². The number of nitrogens with one attached hydrogen (secondary N) is 1. The molecular weight excluding hydrogens is 224 g/mol. The van der Waals surface area contributed by atoms with Gasteiger partial charge in [0.15, 0.2) is 0 Å². The minimum absolute atomic E-state index is 0.0292. The van der Waals surface area contributed by atoms with Gasteiger partial charge in [0, 0.05) is 30.5 Å². The van der Waals surface area contributed by atoms with Crippen molar-refractivity contribution in [2.75, 3.05) is 13.7 Å². The molecule has 3 unspecified atom stereocenters. The maximum Gasteiger partial charge on any atom is 0.0814 e. The summed E-state index contributed by atoms with van der Waals surface area (Å²) in [4.78, 5) is 4.62. The predicted molar refractivity (Wildman–Crippen MR) is 71.7 cm³/mol. The van der Waals surface area contributed by atoms with E-state index in [-0.39, 0.29) is 5.60 Å². The third kappa shape index (κ3) is 1.86. The van der Waals surface area contributed by atoms with Crippen LogP contribution in [0.4, 0.5) is 0 Å². The van der Waals surface area contributed by atoms with Gasteiger partial charge in [0.1, 0.15) is 0 Å². The third-order valence-electron chi connectivity index (χ3n) is 4.62. The van der Waals surface area contributed by atoms with Crippen LogP contribution in [0.1, 0.15) is 43.4 Å². The molecule has 0 radical (unpaired) electrons. The molecule has 1 N–H and O–H groups in total. The molecule has 1 aromatic rings. The first-order valence-electron chi connectivity index (χ1n) is 6.99. The summed E-state index contributed by atoms with van der Waals surface area (Å²) < 4.78 is 6.03. The minimum Gasteiger partial charge on any atom is -0.374 e. The smallest absolute Gasteiger partial charge is 0.0814 e. The summed E-state index contributed by atoms with van der Waals surface area (Å²) in [5.41, 5.74) is 2.68. The zero-order chi connectivity index (χ0) is 12.6. The number of aromatic nitrogens is 1. The van der Waals surface area contributed by atoms with E-state index in [4.69, 9.17) is 4.74 Å². The van der Waals surface area contributed by atoms with E-state index in [0.29, 0.717) is 12.0 Å². The average Bonchev–Trinajstić information content (AvgIpc) is 2.99. The van der Waals surface area contributed by atoms with Gasteiger partial charge in [0.05, 0.1) is 5.60 Å². The maximum atomic E-state index is 6.03. The predicted octanol–water partition coefficient (Wildman–Crippen LogP) is 2.27. The van der Waals surface area contributed by atoms with Crippen molar-refractivity contribution >= 4 is 0 Å². The largest absolute Gasteiger partial charge is 0.374 e. The summed E-state index contributed by atoms with van der Waals surface area (Å²) in [5.74, 6) is 0.495. The van der Waals surface area contributed by atoms with Crippen LogP contribution in [0.25, 0.3) is 0 Å². The van der Waals surface area contributed by atoms with Gasteiger partial charge in [0.25, 0.3) is 0 Å². The van der Waals surface area contributed by atoms with Crippen LogP contribution >= 0.6 is 0 Å². The topological polar surface area (TPSA) is 34.2 Å². The molecular formula is C15H22N2O. The molecule has 3 nitrogen and oxygen atoms in total. The van der Waals surface area contributed by atoms with Crippen molar-refractivity contribution in [3.63, 3.8) is 0 Å². The van der Waals surface area contributed by atoms with Gasteiger partial charge in [-0.15, -0.1) is 0 Å². The van der Waals surface area contributed by atoms with Crippen molar-refractivity contribution in [1.29, 1.82) is 0 Å². The minimum atomic E-state index is -0.0292. The molecule has 1 aliphatic heterocycles. The lowest BCUT2D eigenvalue weighted by molar-refractivity contribution is -0.0174. The lowest BCUT2D eigenvalue weighted by atomic mass is 9.82. The molecule has 2 aliphatic rings. The molecule has 1 aliphatic carbocycles. The number of rotatable bonds is 3. The van der Waals surface area contributed by atoms with Crippen molar-refractivity contribution in [3.05, 3.63) is 29.6 Å². The number of nitrogens with zero attached hydrogens (tertiary/aromatic N) is 1. The quantitative estimate of drug-likeness (QED) is 0.888. The van der Waals surface area contributed by atoms with Gasteiger partial charge in [-0.2, -0.15) is 0 Å². The summed E-state index contributed by atoms with van der Waals surface area (Å²) in [5, 5.41) is 3.50. The monoisotopic (exact) mass is 246 g/mol. The van der Waals surface area contributed by atoms with E-state index in [1.54, 1.807) is 0 Å². The fraction of sp³-hybridized carbons (Fsp3) is 0.667. The molecule has 0 amide bonds. The van der Waals surface area contributed by atoms with E-state index in [9.17, 15) is 0 Å². The lowest BCUT2D eigenvalue weighted by Gasteiger charge is -2.37. The standard InChI is InChI=1S/C15H22N2O/c1-15(8-4-10-18-15)14(16-2)12-7-6-11-5-3-9-17-13(11)12/h3,5,9,12,14,16H,4,6-8,10H2,1-2H3. The molecule has 98 valence electrons. The Labute approximate surface area is 109 Å². The van der Waals surface area contributed by atoms with Crippen LogP contribution < -0.4 is 5.32 Å². The van der Waals surface area contributed by atoms with Crippen molar-refractivity contribution in [2.45, 2.75) is 50.2 Å². The second-order valence-electron chi connectivity index (χ2n) is 5.72. The van der Waals surface area contributed by atoms with Crippen LogP contribution in [0, 0.1) is 0 Å². The number of pyridine rings is 1. The zero-order valence-corrected chi connectivity index (χ0v) is 11.3. The molecule has 3 rings (SSSR count). The third-order valence-corrected chi connectivity index (χ3v) is 4.62. The van der Waals surface area contributed by atoms with Crippen LogP contribution in [0.15, 0.2) is 18.3 Å². The van der Waals surface area contributed by atoms with Gasteiger partial charge >= 0.3 is 0 Å². The van der Waals surface area contributed by atoms with Crippen LogP contribution in [0.5, 0.6) is 0 Å². The van der Waals surface area contributed by atoms with E-state index in [1.165, 1.54) is 24.1 Å². The maximum absolute atomic E-state index is 6.03. The fourth-order valence-electron chi connectivity index (χ4n) is 3.75. The number of fused-ring (bicyclic) bond motifs is 1. The van der Waals surface area contributed by atoms with E-state index >= 15 is 0 Å². The number of hydrogen-bond acceptors (Lipinski definition) is 3. The van der Waals surface area contributed by atoms with Gasteiger partial charge in [-0.3, -0.25) is 4.98 Å². The molecule has 0 aromatic carbocycles. The Bertz CT molecular complexity index is 426. The van der Waals surface area contributed by atoms with Crippen LogP contribution in [0.3, 0.4) is 0 Å². The van der Waals surface area contributed by atoms with Gasteiger partial charge in [-0.1, -0.05) is 6.07 Å². The van der Waals surface area contributed by atoms with Crippen molar-refractivity contribution in [1.82, 2.24) is 10.3 Å². The summed E-state index contributed by atoms with van der Waals surface area (Å²) in [6.45, 7) is 3.15. The van der Waals surface area contributed by atoms with Crippen LogP contribution in [-0.4, -0.2) is 30.3 Å². The first-order valence-corrected chi connectivity index (χ1v) is 6.99. The highest BCUT2D eigenvalue weighted by Gasteiger charge is 2.44. The zero-order valence-electron chi connectivity index (χ0n) is 11.3. The second kappa shape index (κ2) is 4.63. The SMILES string of the molecule is CNC(C1CCc2cccnc21)C1(C)CCCO1. The highest BCUT2D eigenvalue weighted by Crippen LogP contribution is 2.41. The normalized spacial score (nSPS) is 32.4. The lowest BCUT2D eigenvalue weighted by Crippen LogP contribution is -2.50. The molecule has 1 saturated heterocycles. The Morgan fingerprint density at radius 1 is 1.56 bits per heavy atom. The van der Waals surface area contributed by atoms with Crippen LogP contribution in [0.2, 0.25) is 0 Å². The van der Waals surface area contributed by atoms with Crippen molar-refractivity contribution in [3.8, 4) is 0 Å². The second-order valence-corrected chi connectivity index (χ2v) is 5.72. The molecule has 0 spiro atoms. The molecule has 3 heteroatoms. The summed E-state index contributed by atoms with van der Waals surface area (Å²) in [6, 6.07) is 4.63. The van der Waals surface area contributed by atoms with Crippen LogP contribution in [-0.2, 0) is 11.2 Å². The summed E-state index contributed by atoms with van der Waals surface area (Å²) in [7, 11) is 2.05. The fourth-order valence-corrected chi connectivity index (χ4v) is 3.75. The van der Waals surface area contributed by atoms with Gasteiger partial charge < -0.3 is 10.1 Å². The number of hydrogen-bond donors (Lipinski definition) is 1. The molecule has 1 aromatic heterocycles. The van der Waals surface area contributed by atoms with Gasteiger partial charge in [-0.05, 0) is 51.3 Å². The molecule has 0 bridgehead atoms. The van der Waals surface area contributed by atoms with E-state index in [1.807, 2.05) is 12.3 Å². The molecule has 0 saturated carbocycles.